The molecule has 2 atom stereocenters. The smallest absolute Gasteiger partial charge is 0.226 e. The van der Waals surface area contributed by atoms with E-state index >= 15 is 0 Å². The van der Waals surface area contributed by atoms with Gasteiger partial charge in [0.2, 0.25) is 5.91 Å². The monoisotopic (exact) mass is 203 g/mol. The van der Waals surface area contributed by atoms with Crippen LogP contribution in [0.2, 0.25) is 0 Å². The summed E-state index contributed by atoms with van der Waals surface area (Å²) < 4.78 is 0. The van der Waals surface area contributed by atoms with Gasteiger partial charge in [0.25, 0.3) is 0 Å². The maximum absolute atomic E-state index is 11.8. The molecule has 1 aliphatic heterocycles. The molecule has 1 aromatic rings. The van der Waals surface area contributed by atoms with Crippen LogP contribution in [0.4, 0.5) is 0 Å². The van der Waals surface area contributed by atoms with E-state index in [-0.39, 0.29) is 5.92 Å². The molecule has 0 spiro atoms. The van der Waals surface area contributed by atoms with Crippen molar-refractivity contribution in [2.24, 2.45) is 5.92 Å². The van der Waals surface area contributed by atoms with Gasteiger partial charge in [-0.1, -0.05) is 30.3 Å². The predicted octanol–water partition coefficient (Wildman–Crippen LogP) is 2.10. The zero-order valence-electron chi connectivity index (χ0n) is 9.31. The van der Waals surface area contributed by atoms with Crippen LogP contribution in [0.3, 0.4) is 0 Å². The topological polar surface area (TPSA) is 20.3 Å². The Bertz CT molecular complexity index is 347. The average molecular weight is 203 g/mol. The van der Waals surface area contributed by atoms with Crippen molar-refractivity contribution in [3.63, 3.8) is 0 Å². The van der Waals surface area contributed by atoms with Crippen molar-refractivity contribution in [1.29, 1.82) is 0 Å². The Kier molecular flexibility index (Phi) is 2.76. The molecule has 15 heavy (non-hydrogen) atoms. The highest BCUT2D eigenvalue weighted by molar-refractivity contribution is 5.81. The molecule has 1 aromatic carbocycles. The zero-order chi connectivity index (χ0) is 10.8. The molecule has 0 unspecified atom stereocenters. The van der Waals surface area contributed by atoms with E-state index in [1.165, 1.54) is 5.56 Å². The standard InChI is InChI=1S/C13H17NO/c1-10-8-12(13(15)14(10)2)9-11-6-4-3-5-7-11/h3-7,10,12H,8-9H2,1-2H3/t10-,12-/m0/s1. The largest absolute Gasteiger partial charge is 0.343 e. The van der Waals surface area contributed by atoms with Gasteiger partial charge in [0.05, 0.1) is 0 Å². The first-order chi connectivity index (χ1) is 7.18. The van der Waals surface area contributed by atoms with Gasteiger partial charge in [0, 0.05) is 19.0 Å². The van der Waals surface area contributed by atoms with Crippen LogP contribution in [-0.2, 0) is 11.2 Å². The molecule has 1 amide bonds. The van der Waals surface area contributed by atoms with Crippen molar-refractivity contribution >= 4 is 5.91 Å². The summed E-state index contributed by atoms with van der Waals surface area (Å²) in [6.07, 6.45) is 1.87. The van der Waals surface area contributed by atoms with Crippen LogP contribution in [-0.4, -0.2) is 23.9 Å². The average Bonchev–Trinajstić information content (AvgIpc) is 2.48. The maximum Gasteiger partial charge on any atom is 0.226 e. The highest BCUT2D eigenvalue weighted by Gasteiger charge is 2.34. The molecule has 1 heterocycles. The number of carbonyl (C=O) groups is 1. The third kappa shape index (κ3) is 2.04. The van der Waals surface area contributed by atoms with E-state index in [1.54, 1.807) is 0 Å². The summed E-state index contributed by atoms with van der Waals surface area (Å²) in [6.45, 7) is 2.11. The summed E-state index contributed by atoms with van der Waals surface area (Å²) in [6, 6.07) is 10.6. The minimum absolute atomic E-state index is 0.187. The van der Waals surface area contributed by atoms with Crippen LogP contribution in [0.1, 0.15) is 18.9 Å². The predicted molar refractivity (Wildman–Crippen MR) is 60.5 cm³/mol. The molecule has 0 radical (unpaired) electrons. The van der Waals surface area contributed by atoms with Crippen molar-refractivity contribution < 1.29 is 4.79 Å². The number of amides is 1. The van der Waals surface area contributed by atoms with Gasteiger partial charge in [0.15, 0.2) is 0 Å². The van der Waals surface area contributed by atoms with E-state index in [0.717, 1.165) is 12.8 Å². The minimum atomic E-state index is 0.187. The second kappa shape index (κ2) is 4.05. The highest BCUT2D eigenvalue weighted by atomic mass is 16.2. The number of hydrogen-bond donors (Lipinski definition) is 0. The third-order valence-corrected chi connectivity index (χ3v) is 3.31. The van der Waals surface area contributed by atoms with Crippen LogP contribution < -0.4 is 0 Å². The summed E-state index contributed by atoms with van der Waals surface area (Å²) >= 11 is 0. The van der Waals surface area contributed by atoms with Gasteiger partial charge >= 0.3 is 0 Å². The fourth-order valence-corrected chi connectivity index (χ4v) is 2.25. The highest BCUT2D eigenvalue weighted by Crippen LogP contribution is 2.25. The fourth-order valence-electron chi connectivity index (χ4n) is 2.25. The molecule has 0 aliphatic carbocycles. The van der Waals surface area contributed by atoms with Crippen molar-refractivity contribution in [1.82, 2.24) is 4.90 Å². The lowest BCUT2D eigenvalue weighted by Crippen LogP contribution is -2.27. The molecule has 2 heteroatoms. The lowest BCUT2D eigenvalue weighted by atomic mass is 9.97. The van der Waals surface area contributed by atoms with Gasteiger partial charge in [-0.15, -0.1) is 0 Å². The molecule has 0 N–H and O–H groups in total. The van der Waals surface area contributed by atoms with Gasteiger partial charge in [-0.05, 0) is 25.3 Å². The number of benzene rings is 1. The normalized spacial score (nSPS) is 26.0. The summed E-state index contributed by atoms with van der Waals surface area (Å²) in [7, 11) is 1.90. The van der Waals surface area contributed by atoms with Crippen LogP contribution in [0.5, 0.6) is 0 Å². The van der Waals surface area contributed by atoms with Crippen molar-refractivity contribution in [3.8, 4) is 0 Å². The summed E-state index contributed by atoms with van der Waals surface area (Å²) in [5, 5.41) is 0. The molecule has 0 aromatic heterocycles. The Hall–Kier alpha value is -1.31. The van der Waals surface area contributed by atoms with Gasteiger partial charge in [0.1, 0.15) is 0 Å². The minimum Gasteiger partial charge on any atom is -0.343 e. The lowest BCUT2D eigenvalue weighted by Gasteiger charge is -2.14. The van der Waals surface area contributed by atoms with Crippen molar-refractivity contribution in [3.05, 3.63) is 35.9 Å². The van der Waals surface area contributed by atoms with Gasteiger partial charge in [-0.25, -0.2) is 0 Å². The van der Waals surface area contributed by atoms with E-state index in [4.69, 9.17) is 0 Å². The molecule has 2 rings (SSSR count). The fraction of sp³-hybridized carbons (Fsp3) is 0.462. The molecule has 80 valence electrons. The Morgan fingerprint density at radius 1 is 1.33 bits per heavy atom. The second-order valence-electron chi connectivity index (χ2n) is 4.42. The number of hydrogen-bond acceptors (Lipinski definition) is 1. The Morgan fingerprint density at radius 3 is 2.53 bits per heavy atom. The summed E-state index contributed by atoms with van der Waals surface area (Å²) in [5.41, 5.74) is 1.26. The van der Waals surface area contributed by atoms with Gasteiger partial charge in [-0.2, -0.15) is 0 Å². The second-order valence-corrected chi connectivity index (χ2v) is 4.42. The number of likely N-dealkylation sites (tertiary alicyclic amines) is 1. The number of carbonyl (C=O) groups excluding carboxylic acids is 1. The Balaban J connectivity index is 2.05. The summed E-state index contributed by atoms with van der Waals surface area (Å²) in [5.74, 6) is 0.485. The van der Waals surface area contributed by atoms with Crippen molar-refractivity contribution in [2.75, 3.05) is 7.05 Å². The lowest BCUT2D eigenvalue weighted by molar-refractivity contribution is -0.130. The quantitative estimate of drug-likeness (QED) is 0.720. The van der Waals surface area contributed by atoms with Crippen LogP contribution in [0, 0.1) is 5.92 Å². The van der Waals surface area contributed by atoms with E-state index in [1.807, 2.05) is 30.1 Å². The molecular weight excluding hydrogens is 186 g/mol. The summed E-state index contributed by atoms with van der Waals surface area (Å²) in [4.78, 5) is 13.7. The number of nitrogens with zero attached hydrogens (tertiary/aromatic N) is 1. The molecule has 0 bridgehead atoms. The van der Waals surface area contributed by atoms with Crippen LogP contribution >= 0.6 is 0 Å². The van der Waals surface area contributed by atoms with Gasteiger partial charge < -0.3 is 4.90 Å². The first-order valence-corrected chi connectivity index (χ1v) is 5.49. The van der Waals surface area contributed by atoms with E-state index in [2.05, 4.69) is 19.1 Å². The zero-order valence-corrected chi connectivity index (χ0v) is 9.31. The SMILES string of the molecule is C[C@H]1C[C@@H](Cc2ccccc2)C(=O)N1C. The third-order valence-electron chi connectivity index (χ3n) is 3.31. The van der Waals surface area contributed by atoms with Crippen LogP contribution in [0.15, 0.2) is 30.3 Å². The van der Waals surface area contributed by atoms with Crippen molar-refractivity contribution in [2.45, 2.75) is 25.8 Å². The molecule has 1 aliphatic rings. The molecule has 1 saturated heterocycles. The maximum atomic E-state index is 11.8. The van der Waals surface area contributed by atoms with E-state index in [9.17, 15) is 4.79 Å². The first-order valence-electron chi connectivity index (χ1n) is 5.49. The van der Waals surface area contributed by atoms with E-state index in [0.29, 0.717) is 11.9 Å². The Morgan fingerprint density at radius 2 is 2.00 bits per heavy atom. The molecule has 2 nitrogen and oxygen atoms in total. The molecule has 0 saturated carbocycles. The number of rotatable bonds is 2. The van der Waals surface area contributed by atoms with Gasteiger partial charge in [-0.3, -0.25) is 4.79 Å². The van der Waals surface area contributed by atoms with E-state index < -0.39 is 0 Å². The van der Waals surface area contributed by atoms with Crippen LogP contribution in [0.25, 0.3) is 0 Å². The first kappa shape index (κ1) is 10.2. The molecular formula is C13H17NO. The Labute approximate surface area is 90.9 Å². The molecule has 1 fully saturated rings.